The third kappa shape index (κ3) is 3.81. The molecule has 5 nitrogen and oxygen atoms in total. The molecule has 0 atom stereocenters. The van der Waals surface area contributed by atoms with E-state index >= 15 is 0 Å². The lowest BCUT2D eigenvalue weighted by molar-refractivity contribution is 0.475. The van der Waals surface area contributed by atoms with E-state index in [0.29, 0.717) is 17.1 Å². The van der Waals surface area contributed by atoms with Gasteiger partial charge in [-0.1, -0.05) is 70.2 Å². The summed E-state index contributed by atoms with van der Waals surface area (Å²) in [5.41, 5.74) is 1.80. The van der Waals surface area contributed by atoms with Gasteiger partial charge in [0, 0.05) is 16.5 Å². The minimum absolute atomic E-state index is 0.182. The largest absolute Gasteiger partial charge is 0.507 e. The summed E-state index contributed by atoms with van der Waals surface area (Å²) in [6.07, 6.45) is 4.23. The van der Waals surface area contributed by atoms with Crippen LogP contribution in [0.3, 0.4) is 0 Å². The van der Waals surface area contributed by atoms with Gasteiger partial charge in [-0.3, -0.25) is 0 Å². The van der Waals surface area contributed by atoms with Crippen molar-refractivity contribution in [1.82, 2.24) is 14.9 Å². The summed E-state index contributed by atoms with van der Waals surface area (Å²) >= 11 is 4.97. The molecule has 140 valence electrons. The predicted molar refractivity (Wildman–Crippen MR) is 117 cm³/mol. The molecule has 4 rings (SSSR count). The van der Waals surface area contributed by atoms with Crippen molar-refractivity contribution in [1.29, 1.82) is 0 Å². The van der Waals surface area contributed by atoms with Gasteiger partial charge in [-0.15, -0.1) is 10.2 Å². The van der Waals surface area contributed by atoms with Gasteiger partial charge in [0.25, 0.3) is 0 Å². The van der Waals surface area contributed by atoms with E-state index in [-0.39, 0.29) is 5.75 Å². The van der Waals surface area contributed by atoms with Crippen LogP contribution in [0.1, 0.15) is 17.0 Å². The molecule has 1 aromatic heterocycles. The van der Waals surface area contributed by atoms with E-state index in [1.807, 2.05) is 48.7 Å². The minimum Gasteiger partial charge on any atom is -0.507 e. The smallest absolute Gasteiger partial charge is 0.211 e. The third-order valence-electron chi connectivity index (χ3n) is 4.37. The van der Waals surface area contributed by atoms with E-state index in [1.54, 1.807) is 17.0 Å². The first-order valence-electron chi connectivity index (χ1n) is 8.63. The lowest BCUT2D eigenvalue weighted by Crippen LogP contribution is -2.01. The number of phenolic OH excluding ortho intramolecular Hbond substituents is 1. The summed E-state index contributed by atoms with van der Waals surface area (Å²) in [7, 11) is 0. The molecule has 4 aromatic rings. The fourth-order valence-electron chi connectivity index (χ4n) is 2.99. The maximum atomic E-state index is 10.4. The van der Waals surface area contributed by atoms with Crippen LogP contribution in [0.15, 0.2) is 75.4 Å². The molecule has 1 N–H and O–H groups in total. The highest BCUT2D eigenvalue weighted by atomic mass is 79.9. The Hall–Kier alpha value is -2.64. The normalized spacial score (nSPS) is 11.5. The zero-order valence-electron chi connectivity index (χ0n) is 15.1. The number of halogens is 1. The van der Waals surface area contributed by atoms with Crippen LogP contribution in [0, 0.1) is 0 Å². The van der Waals surface area contributed by atoms with Crippen LogP contribution >= 0.6 is 27.7 Å². The molecule has 0 radical (unpaired) electrons. The van der Waals surface area contributed by atoms with Gasteiger partial charge in [-0.2, -0.15) is 9.78 Å². The fraction of sp³-hybridized carbons (Fsp3) is 0.0952. The van der Waals surface area contributed by atoms with Crippen molar-refractivity contribution in [2.45, 2.75) is 11.6 Å². The van der Waals surface area contributed by atoms with Crippen LogP contribution in [-0.4, -0.2) is 32.5 Å². The standard InChI is InChI=1S/C21H17BrN4OS/c1-28-21-25-24-20(11-14-5-3-2-4-6-14)26(21)23-13-18-17-9-8-16(22)12-15(17)7-10-19(18)27/h2-10,12-13,27H,11H2,1H3/b23-13-. The molecule has 0 saturated carbocycles. The number of benzene rings is 3. The molecule has 1 heterocycles. The average Bonchev–Trinajstić information content (AvgIpc) is 3.09. The van der Waals surface area contributed by atoms with Crippen LogP contribution in [0.5, 0.6) is 5.75 Å². The molecule has 3 aromatic carbocycles. The summed E-state index contributed by atoms with van der Waals surface area (Å²) in [5.74, 6) is 0.927. The number of aromatic hydroxyl groups is 1. The van der Waals surface area contributed by atoms with Crippen molar-refractivity contribution in [2.24, 2.45) is 5.10 Å². The monoisotopic (exact) mass is 452 g/mol. The SMILES string of the molecule is CSc1nnc(Cc2ccccc2)n1/N=C\c1c(O)ccc2cc(Br)ccc12. The van der Waals surface area contributed by atoms with Gasteiger partial charge < -0.3 is 5.11 Å². The summed E-state index contributed by atoms with van der Waals surface area (Å²) in [6, 6.07) is 19.6. The van der Waals surface area contributed by atoms with Gasteiger partial charge in [0.05, 0.1) is 6.21 Å². The Balaban J connectivity index is 1.75. The first kappa shape index (κ1) is 18.7. The molecule has 0 aliphatic rings. The van der Waals surface area contributed by atoms with Crippen molar-refractivity contribution >= 4 is 44.7 Å². The van der Waals surface area contributed by atoms with E-state index in [1.165, 1.54) is 11.8 Å². The molecular weight excluding hydrogens is 436 g/mol. The molecule has 0 saturated heterocycles. The van der Waals surface area contributed by atoms with E-state index in [2.05, 4.69) is 43.4 Å². The Bertz CT molecular complexity index is 1160. The summed E-state index contributed by atoms with van der Waals surface area (Å²) in [5, 5.41) is 26.2. The van der Waals surface area contributed by atoms with Crippen LogP contribution in [-0.2, 0) is 6.42 Å². The van der Waals surface area contributed by atoms with Gasteiger partial charge in [-0.05, 0) is 40.8 Å². The van der Waals surface area contributed by atoms with Gasteiger partial charge in [0.2, 0.25) is 5.16 Å². The number of hydrogen-bond acceptors (Lipinski definition) is 5. The van der Waals surface area contributed by atoms with E-state index in [4.69, 9.17) is 0 Å². The molecule has 0 aliphatic carbocycles. The number of hydrogen-bond donors (Lipinski definition) is 1. The first-order valence-corrected chi connectivity index (χ1v) is 10.7. The Morgan fingerprint density at radius 2 is 1.93 bits per heavy atom. The molecular formula is C21H17BrN4OS. The number of phenols is 1. The van der Waals surface area contributed by atoms with Crippen molar-refractivity contribution in [3.63, 3.8) is 0 Å². The highest BCUT2D eigenvalue weighted by Crippen LogP contribution is 2.28. The van der Waals surface area contributed by atoms with Crippen molar-refractivity contribution in [3.8, 4) is 5.75 Å². The first-order chi connectivity index (χ1) is 13.7. The van der Waals surface area contributed by atoms with Crippen LogP contribution in [0.25, 0.3) is 10.8 Å². The van der Waals surface area contributed by atoms with Crippen molar-refractivity contribution < 1.29 is 5.11 Å². The van der Waals surface area contributed by atoms with Gasteiger partial charge in [0.1, 0.15) is 5.75 Å². The second kappa shape index (κ2) is 8.16. The van der Waals surface area contributed by atoms with Gasteiger partial charge in [-0.25, -0.2) is 0 Å². The van der Waals surface area contributed by atoms with E-state index in [0.717, 1.165) is 26.6 Å². The predicted octanol–water partition coefficient (Wildman–Crippen LogP) is 5.09. The lowest BCUT2D eigenvalue weighted by atomic mass is 10.0. The van der Waals surface area contributed by atoms with Crippen LogP contribution in [0.4, 0.5) is 0 Å². The zero-order chi connectivity index (χ0) is 19.5. The fourth-order valence-corrected chi connectivity index (χ4v) is 3.82. The molecule has 0 unspecified atom stereocenters. The second-order valence-electron chi connectivity index (χ2n) is 6.19. The molecule has 28 heavy (non-hydrogen) atoms. The van der Waals surface area contributed by atoms with Gasteiger partial charge in [0.15, 0.2) is 5.82 Å². The summed E-state index contributed by atoms with van der Waals surface area (Å²) < 4.78 is 2.72. The number of fused-ring (bicyclic) bond motifs is 1. The summed E-state index contributed by atoms with van der Waals surface area (Å²) in [6.45, 7) is 0. The van der Waals surface area contributed by atoms with Crippen LogP contribution in [0.2, 0.25) is 0 Å². The summed E-state index contributed by atoms with van der Waals surface area (Å²) in [4.78, 5) is 0. The molecule has 0 aliphatic heterocycles. The quantitative estimate of drug-likeness (QED) is 0.338. The Kier molecular flexibility index (Phi) is 5.45. The molecule has 0 spiro atoms. The van der Waals surface area contributed by atoms with Gasteiger partial charge >= 0.3 is 0 Å². The molecule has 0 fully saturated rings. The van der Waals surface area contributed by atoms with Crippen molar-refractivity contribution in [2.75, 3.05) is 6.26 Å². The molecule has 7 heteroatoms. The second-order valence-corrected chi connectivity index (χ2v) is 7.87. The highest BCUT2D eigenvalue weighted by molar-refractivity contribution is 9.10. The third-order valence-corrected chi connectivity index (χ3v) is 5.48. The van der Waals surface area contributed by atoms with Crippen LogP contribution < -0.4 is 0 Å². The average molecular weight is 453 g/mol. The Morgan fingerprint density at radius 1 is 1.11 bits per heavy atom. The number of rotatable bonds is 5. The number of thioether (sulfide) groups is 1. The number of aromatic nitrogens is 3. The Morgan fingerprint density at radius 3 is 2.71 bits per heavy atom. The lowest BCUT2D eigenvalue weighted by Gasteiger charge is -2.07. The maximum Gasteiger partial charge on any atom is 0.211 e. The molecule has 0 amide bonds. The molecule has 0 bridgehead atoms. The topological polar surface area (TPSA) is 63.3 Å². The minimum atomic E-state index is 0.182. The highest BCUT2D eigenvalue weighted by Gasteiger charge is 2.12. The zero-order valence-corrected chi connectivity index (χ0v) is 17.5. The number of nitrogens with zero attached hydrogens (tertiary/aromatic N) is 4. The van der Waals surface area contributed by atoms with E-state index in [9.17, 15) is 5.11 Å². The Labute approximate surface area is 175 Å². The van der Waals surface area contributed by atoms with Crippen molar-refractivity contribution in [3.05, 3.63) is 82.1 Å². The maximum absolute atomic E-state index is 10.4. The van der Waals surface area contributed by atoms with E-state index < -0.39 is 0 Å².